The Labute approximate surface area is 209 Å². The van der Waals surface area contributed by atoms with Gasteiger partial charge >= 0.3 is 5.63 Å². The van der Waals surface area contributed by atoms with Crippen molar-refractivity contribution >= 4 is 43.8 Å². The highest BCUT2D eigenvalue weighted by atomic mass is 79.9. The Morgan fingerprint density at radius 2 is 1.77 bits per heavy atom. The lowest BCUT2D eigenvalue weighted by molar-refractivity contribution is 0.0996. The second-order valence-corrected chi connectivity index (χ2v) is 9.27. The van der Waals surface area contributed by atoms with Gasteiger partial charge in [-0.2, -0.15) is 0 Å². The summed E-state index contributed by atoms with van der Waals surface area (Å²) in [5.74, 6) is 0.844. The van der Waals surface area contributed by atoms with Crippen LogP contribution in [0.5, 0.6) is 5.75 Å². The van der Waals surface area contributed by atoms with Crippen LogP contribution in [0.2, 0.25) is 0 Å². The van der Waals surface area contributed by atoms with Crippen molar-refractivity contribution in [3.63, 3.8) is 0 Å². The largest absolute Gasteiger partial charge is 0.497 e. The minimum Gasteiger partial charge on any atom is -0.497 e. The molecule has 0 atom stereocenters. The number of carbonyl (C=O) groups is 1. The highest BCUT2D eigenvalue weighted by Gasteiger charge is 2.19. The lowest BCUT2D eigenvalue weighted by Gasteiger charge is -2.11. The van der Waals surface area contributed by atoms with Gasteiger partial charge in [0, 0.05) is 28.9 Å². The molecule has 0 saturated heterocycles. The Morgan fingerprint density at radius 1 is 1.09 bits per heavy atom. The van der Waals surface area contributed by atoms with Crippen LogP contribution in [0.25, 0.3) is 22.0 Å². The van der Waals surface area contributed by atoms with Crippen LogP contribution in [0.15, 0.2) is 74.3 Å². The highest BCUT2D eigenvalue weighted by molar-refractivity contribution is 9.10. The van der Waals surface area contributed by atoms with Crippen LogP contribution in [-0.4, -0.2) is 22.6 Å². The zero-order valence-corrected chi connectivity index (χ0v) is 20.8. The van der Waals surface area contributed by atoms with E-state index in [1.54, 1.807) is 14.0 Å². The Morgan fingerprint density at radius 3 is 2.43 bits per heavy atom. The number of hydrogen-bond donors (Lipinski definition) is 1. The normalized spacial score (nSPS) is 11.3. The molecule has 7 nitrogen and oxygen atoms in total. The van der Waals surface area contributed by atoms with E-state index in [0.29, 0.717) is 29.5 Å². The summed E-state index contributed by atoms with van der Waals surface area (Å²) in [5.41, 5.74) is 9.19. The zero-order valence-electron chi connectivity index (χ0n) is 19.2. The zero-order chi connectivity index (χ0) is 24.7. The molecule has 5 aromatic rings. The van der Waals surface area contributed by atoms with Crippen LogP contribution in [0, 0.1) is 6.92 Å². The second-order valence-electron chi connectivity index (χ2n) is 8.36. The first-order valence-electron chi connectivity index (χ1n) is 11.0. The highest BCUT2D eigenvalue weighted by Crippen LogP contribution is 2.28. The molecule has 3 aromatic carbocycles. The van der Waals surface area contributed by atoms with Crippen molar-refractivity contribution in [1.82, 2.24) is 9.55 Å². The van der Waals surface area contributed by atoms with E-state index < -0.39 is 11.5 Å². The molecule has 176 valence electrons. The fourth-order valence-electron chi connectivity index (χ4n) is 4.31. The standard InChI is InChI=1S/C27H22BrN3O4/c1-15-20-12-21-22(13-23(20)35-27(33)25(15)26(29)32)31(14-17-3-7-18(28)8-4-17)24(30-21)11-16-5-9-19(34-2)10-6-16/h3-10,12-13H,11,14H2,1-2H3,(H2,29,32). The van der Waals surface area contributed by atoms with E-state index in [-0.39, 0.29) is 5.56 Å². The number of imidazole rings is 1. The van der Waals surface area contributed by atoms with Gasteiger partial charge in [0.25, 0.3) is 5.91 Å². The van der Waals surface area contributed by atoms with Gasteiger partial charge in [0.2, 0.25) is 0 Å². The Bertz CT molecular complexity index is 1630. The van der Waals surface area contributed by atoms with Crippen molar-refractivity contribution in [1.29, 1.82) is 0 Å². The number of primary amides is 1. The number of benzene rings is 3. The summed E-state index contributed by atoms with van der Waals surface area (Å²) in [6, 6.07) is 19.7. The van der Waals surface area contributed by atoms with Crippen molar-refractivity contribution < 1.29 is 13.9 Å². The fourth-order valence-corrected chi connectivity index (χ4v) is 4.58. The number of methoxy groups -OCH3 is 1. The first kappa shape index (κ1) is 22.9. The number of ether oxygens (including phenoxy) is 1. The van der Waals surface area contributed by atoms with E-state index in [2.05, 4.69) is 32.6 Å². The average molecular weight is 532 g/mol. The van der Waals surface area contributed by atoms with Crippen molar-refractivity contribution in [2.75, 3.05) is 7.11 Å². The first-order chi connectivity index (χ1) is 16.8. The van der Waals surface area contributed by atoms with Gasteiger partial charge in [-0.25, -0.2) is 9.78 Å². The van der Waals surface area contributed by atoms with Gasteiger partial charge in [-0.1, -0.05) is 40.2 Å². The van der Waals surface area contributed by atoms with E-state index in [4.69, 9.17) is 19.9 Å². The molecule has 35 heavy (non-hydrogen) atoms. The summed E-state index contributed by atoms with van der Waals surface area (Å²) in [7, 11) is 1.64. The maximum absolute atomic E-state index is 12.4. The van der Waals surface area contributed by atoms with Crippen LogP contribution in [0.4, 0.5) is 0 Å². The molecule has 0 spiro atoms. The third kappa shape index (κ3) is 4.33. The molecule has 0 saturated carbocycles. The molecule has 2 aromatic heterocycles. The van der Waals surface area contributed by atoms with Gasteiger partial charge < -0.3 is 19.5 Å². The molecule has 0 unspecified atom stereocenters. The maximum Gasteiger partial charge on any atom is 0.349 e. The summed E-state index contributed by atoms with van der Waals surface area (Å²) >= 11 is 3.49. The van der Waals surface area contributed by atoms with Gasteiger partial charge in [0.05, 0.1) is 18.1 Å². The van der Waals surface area contributed by atoms with Gasteiger partial charge in [0.1, 0.15) is 22.7 Å². The molecular weight excluding hydrogens is 510 g/mol. The number of rotatable bonds is 6. The third-order valence-corrected chi connectivity index (χ3v) is 6.66. The molecule has 0 aliphatic heterocycles. The predicted octanol–water partition coefficient (Wildman–Crippen LogP) is 4.96. The number of aryl methyl sites for hydroxylation is 1. The number of fused-ring (bicyclic) bond motifs is 2. The number of nitrogens with two attached hydrogens (primary N) is 1. The molecule has 0 aliphatic rings. The van der Waals surface area contributed by atoms with E-state index in [0.717, 1.165) is 38.2 Å². The van der Waals surface area contributed by atoms with Gasteiger partial charge in [0.15, 0.2) is 0 Å². The summed E-state index contributed by atoms with van der Waals surface area (Å²) in [6.07, 6.45) is 0.598. The predicted molar refractivity (Wildman–Crippen MR) is 138 cm³/mol. The second kappa shape index (κ2) is 9.03. The molecule has 0 radical (unpaired) electrons. The maximum atomic E-state index is 12.4. The Hall–Kier alpha value is -3.91. The van der Waals surface area contributed by atoms with E-state index in [9.17, 15) is 9.59 Å². The monoisotopic (exact) mass is 531 g/mol. The lowest BCUT2D eigenvalue weighted by Crippen LogP contribution is -2.22. The number of hydrogen-bond acceptors (Lipinski definition) is 5. The van der Waals surface area contributed by atoms with Crippen molar-refractivity contribution in [2.24, 2.45) is 5.73 Å². The van der Waals surface area contributed by atoms with Crippen molar-refractivity contribution in [3.8, 4) is 5.75 Å². The molecule has 0 aliphatic carbocycles. The van der Waals surface area contributed by atoms with Crippen LogP contribution >= 0.6 is 15.9 Å². The number of halogens is 1. The molecule has 2 N–H and O–H groups in total. The van der Waals surface area contributed by atoms with Crippen LogP contribution in [-0.2, 0) is 13.0 Å². The minimum atomic E-state index is -0.806. The minimum absolute atomic E-state index is 0.135. The molecule has 2 heterocycles. The number of amides is 1. The van der Waals surface area contributed by atoms with E-state index >= 15 is 0 Å². The van der Waals surface area contributed by atoms with E-state index in [1.165, 1.54) is 0 Å². The topological polar surface area (TPSA) is 100 Å². The van der Waals surface area contributed by atoms with Gasteiger partial charge in [-0.15, -0.1) is 0 Å². The van der Waals surface area contributed by atoms with Crippen molar-refractivity contribution in [2.45, 2.75) is 19.9 Å². The summed E-state index contributed by atoms with van der Waals surface area (Å²) in [6.45, 7) is 2.28. The van der Waals surface area contributed by atoms with Gasteiger partial charge in [-0.3, -0.25) is 4.79 Å². The van der Waals surface area contributed by atoms with Crippen molar-refractivity contribution in [3.05, 3.63) is 104 Å². The molecule has 1 amide bonds. The molecule has 0 bridgehead atoms. The molecule has 8 heteroatoms. The first-order valence-corrected chi connectivity index (χ1v) is 11.8. The lowest BCUT2D eigenvalue weighted by atomic mass is 10.1. The quantitative estimate of drug-likeness (QED) is 0.312. The van der Waals surface area contributed by atoms with Crippen LogP contribution in [0.1, 0.15) is 32.9 Å². The third-order valence-electron chi connectivity index (χ3n) is 6.14. The fraction of sp³-hybridized carbons (Fsp3) is 0.148. The number of nitrogens with zero attached hydrogens (tertiary/aromatic N) is 2. The summed E-state index contributed by atoms with van der Waals surface area (Å²) in [5, 5.41) is 0.634. The van der Waals surface area contributed by atoms with Gasteiger partial charge in [-0.05, 0) is 53.9 Å². The SMILES string of the molecule is COc1ccc(Cc2nc3cc4c(C)c(C(N)=O)c(=O)oc4cc3n2Cc2ccc(Br)cc2)cc1. The number of aromatic nitrogens is 2. The Kier molecular flexibility index (Phi) is 5.90. The molecular formula is C27H22BrN3O4. The molecule has 0 fully saturated rings. The average Bonchev–Trinajstić information content (AvgIpc) is 3.15. The van der Waals surface area contributed by atoms with E-state index in [1.807, 2.05) is 48.5 Å². The van der Waals surface area contributed by atoms with Crippen LogP contribution < -0.4 is 16.1 Å². The molecule has 5 rings (SSSR count). The smallest absolute Gasteiger partial charge is 0.349 e. The summed E-state index contributed by atoms with van der Waals surface area (Å²) < 4.78 is 13.9. The number of carbonyl (C=O) groups excluding carboxylic acids is 1. The Balaban J connectivity index is 1.70. The summed E-state index contributed by atoms with van der Waals surface area (Å²) in [4.78, 5) is 29.2. The van der Waals surface area contributed by atoms with Crippen LogP contribution in [0.3, 0.4) is 0 Å².